The molecule has 1 aromatic rings. The molecule has 1 fully saturated rings. The molecule has 0 aromatic heterocycles. The second-order valence-corrected chi connectivity index (χ2v) is 10.4. The second-order valence-electron chi connectivity index (χ2n) is 9.97. The Bertz CT molecular complexity index is 996. The van der Waals surface area contributed by atoms with Crippen LogP contribution in [0, 0.1) is 17.8 Å². The zero-order chi connectivity index (χ0) is 27.5. The van der Waals surface area contributed by atoms with E-state index in [9.17, 15) is 23.6 Å². The molecule has 4 N–H and O–H groups in total. The summed E-state index contributed by atoms with van der Waals surface area (Å²) >= 11 is 6.19. The molecule has 1 amide bonds. The lowest BCUT2D eigenvalue weighted by Gasteiger charge is -2.30. The lowest BCUT2D eigenvalue weighted by atomic mass is 9.87. The van der Waals surface area contributed by atoms with Gasteiger partial charge in [-0.05, 0) is 43.2 Å². The summed E-state index contributed by atoms with van der Waals surface area (Å²) in [6.45, 7) is 3.29. The van der Waals surface area contributed by atoms with Crippen molar-refractivity contribution < 1.29 is 23.6 Å². The molecular weight excluding hydrogens is 499 g/mol. The predicted molar refractivity (Wildman–Crippen MR) is 142 cm³/mol. The molecule has 204 valence electrons. The first kappa shape index (κ1) is 30.4. The number of amides is 1. The van der Waals surface area contributed by atoms with Gasteiger partial charge in [0.1, 0.15) is 12.5 Å². The minimum absolute atomic E-state index is 0.0485. The van der Waals surface area contributed by atoms with E-state index in [1.807, 2.05) is 19.9 Å². The molecule has 0 spiro atoms. The molecule has 1 heterocycles. The number of halogens is 2. The summed E-state index contributed by atoms with van der Waals surface area (Å²) in [5, 5.41) is 0.504. The zero-order valence-corrected chi connectivity index (χ0v) is 22.4. The fraction of sp³-hybridized carbons (Fsp3) is 0.593. The Morgan fingerprint density at radius 1 is 1.16 bits per heavy atom. The van der Waals surface area contributed by atoms with Crippen LogP contribution in [0.2, 0.25) is 5.02 Å². The number of carbonyl (C=O) groups is 4. The standard InChI is InChI=1S/C27H38ClFN4O4/c1-17(2)21(15-20(34)13-18-7-3-4-9-22(18)28)26(37)33-12-6-10-23(33)24(35)14-19(25(36)16-29)8-5-11-32-27(30)31/h3-4,7,9,17,19,21,23H,5-6,8,10-16H2,1-2H3,(H4,30,31,32)/t19-,21+,23+/m1/s1. The Morgan fingerprint density at radius 2 is 1.86 bits per heavy atom. The summed E-state index contributed by atoms with van der Waals surface area (Å²) in [6, 6.07) is 6.42. The molecule has 1 aliphatic rings. The van der Waals surface area contributed by atoms with Gasteiger partial charge in [0.25, 0.3) is 0 Å². The predicted octanol–water partition coefficient (Wildman–Crippen LogP) is 3.27. The number of guanidine groups is 1. The van der Waals surface area contributed by atoms with Gasteiger partial charge in [0, 0.05) is 49.2 Å². The first-order valence-corrected chi connectivity index (χ1v) is 13.1. The Kier molecular flexibility index (Phi) is 12.2. The first-order valence-electron chi connectivity index (χ1n) is 12.8. The van der Waals surface area contributed by atoms with Crippen LogP contribution in [0.25, 0.3) is 0 Å². The molecule has 0 bridgehead atoms. The Hall–Kier alpha value is -2.81. The van der Waals surface area contributed by atoms with E-state index in [0.29, 0.717) is 36.4 Å². The molecular formula is C27H38ClFN4O4. The van der Waals surface area contributed by atoms with Crippen LogP contribution in [0.1, 0.15) is 57.9 Å². The van der Waals surface area contributed by atoms with E-state index < -0.39 is 30.3 Å². The molecule has 1 aliphatic heterocycles. The number of ketones is 3. The monoisotopic (exact) mass is 536 g/mol. The van der Waals surface area contributed by atoms with Crippen LogP contribution in [0.5, 0.6) is 0 Å². The highest BCUT2D eigenvalue weighted by molar-refractivity contribution is 6.31. The Balaban J connectivity index is 2.07. The summed E-state index contributed by atoms with van der Waals surface area (Å²) in [6.07, 6.45) is 1.87. The van der Waals surface area contributed by atoms with Crippen LogP contribution in [0.3, 0.4) is 0 Å². The van der Waals surface area contributed by atoms with Crippen molar-refractivity contribution in [3.05, 3.63) is 34.9 Å². The molecule has 8 nitrogen and oxygen atoms in total. The number of carbonyl (C=O) groups excluding carboxylic acids is 4. The van der Waals surface area contributed by atoms with Crippen molar-refractivity contribution in [2.45, 2.75) is 64.8 Å². The zero-order valence-electron chi connectivity index (χ0n) is 21.6. The van der Waals surface area contributed by atoms with Crippen LogP contribution >= 0.6 is 11.6 Å². The maximum Gasteiger partial charge on any atom is 0.226 e. The highest BCUT2D eigenvalue weighted by Gasteiger charge is 2.39. The number of Topliss-reactive ketones (excluding diaryl/α,β-unsaturated/α-hetero) is 3. The van der Waals surface area contributed by atoms with Crippen molar-refractivity contribution >= 4 is 40.8 Å². The molecule has 10 heteroatoms. The molecule has 0 unspecified atom stereocenters. The van der Waals surface area contributed by atoms with Crippen molar-refractivity contribution in [3.63, 3.8) is 0 Å². The number of nitrogens with zero attached hydrogens (tertiary/aromatic N) is 2. The largest absolute Gasteiger partial charge is 0.370 e. The van der Waals surface area contributed by atoms with E-state index in [4.69, 9.17) is 23.1 Å². The van der Waals surface area contributed by atoms with E-state index in [0.717, 1.165) is 0 Å². The third kappa shape index (κ3) is 9.22. The third-order valence-electron chi connectivity index (χ3n) is 6.86. The highest BCUT2D eigenvalue weighted by Crippen LogP contribution is 2.28. The number of aliphatic imine (C=N–C) groups is 1. The van der Waals surface area contributed by atoms with Gasteiger partial charge in [-0.25, -0.2) is 4.39 Å². The van der Waals surface area contributed by atoms with Crippen LogP contribution in [-0.4, -0.2) is 59.9 Å². The van der Waals surface area contributed by atoms with Gasteiger partial charge in [0.05, 0.1) is 6.04 Å². The van der Waals surface area contributed by atoms with Gasteiger partial charge in [0.15, 0.2) is 17.5 Å². The molecule has 1 saturated heterocycles. The lowest BCUT2D eigenvalue weighted by molar-refractivity contribution is -0.144. The topological polar surface area (TPSA) is 136 Å². The highest BCUT2D eigenvalue weighted by atomic mass is 35.5. The smallest absolute Gasteiger partial charge is 0.226 e. The minimum Gasteiger partial charge on any atom is -0.370 e. The lowest BCUT2D eigenvalue weighted by Crippen LogP contribution is -2.46. The molecule has 0 aliphatic carbocycles. The number of hydrogen-bond donors (Lipinski definition) is 2. The molecule has 3 atom stereocenters. The van der Waals surface area contributed by atoms with E-state index in [-0.39, 0.29) is 61.6 Å². The van der Waals surface area contributed by atoms with E-state index >= 15 is 0 Å². The quantitative estimate of drug-likeness (QED) is 0.200. The molecule has 0 saturated carbocycles. The molecule has 2 rings (SSSR count). The molecule has 37 heavy (non-hydrogen) atoms. The average Bonchev–Trinajstić information content (AvgIpc) is 3.34. The summed E-state index contributed by atoms with van der Waals surface area (Å²) < 4.78 is 13.2. The number of rotatable bonds is 15. The van der Waals surface area contributed by atoms with E-state index in [1.165, 1.54) is 0 Å². The van der Waals surface area contributed by atoms with Crippen molar-refractivity contribution in [1.29, 1.82) is 0 Å². The fourth-order valence-electron chi connectivity index (χ4n) is 4.77. The van der Waals surface area contributed by atoms with Gasteiger partial charge >= 0.3 is 0 Å². The third-order valence-corrected chi connectivity index (χ3v) is 7.23. The van der Waals surface area contributed by atoms with Gasteiger partial charge < -0.3 is 16.4 Å². The molecule has 1 aromatic carbocycles. The summed E-state index contributed by atoms with van der Waals surface area (Å²) in [7, 11) is 0. The van der Waals surface area contributed by atoms with Crippen LogP contribution in [0.4, 0.5) is 4.39 Å². The maximum atomic E-state index is 13.5. The fourth-order valence-corrected chi connectivity index (χ4v) is 4.97. The van der Waals surface area contributed by atoms with Crippen molar-refractivity contribution in [2.24, 2.45) is 34.2 Å². The summed E-state index contributed by atoms with van der Waals surface area (Å²) in [4.78, 5) is 57.2. The van der Waals surface area contributed by atoms with Crippen molar-refractivity contribution in [3.8, 4) is 0 Å². The van der Waals surface area contributed by atoms with Crippen molar-refractivity contribution in [2.75, 3.05) is 19.8 Å². The summed E-state index contributed by atoms with van der Waals surface area (Å²) in [5.74, 6) is -2.79. The summed E-state index contributed by atoms with van der Waals surface area (Å²) in [5.41, 5.74) is 11.3. The van der Waals surface area contributed by atoms with Crippen LogP contribution in [0.15, 0.2) is 29.3 Å². The van der Waals surface area contributed by atoms with E-state index in [1.54, 1.807) is 23.1 Å². The molecule has 0 radical (unpaired) electrons. The van der Waals surface area contributed by atoms with Gasteiger partial charge in [-0.2, -0.15) is 0 Å². The SMILES string of the molecule is CC(C)[C@H](CC(=O)Cc1ccccc1Cl)C(=O)N1CCC[C@H]1C(=O)C[C@@H](CCCN=C(N)N)C(=O)CF. The second kappa shape index (κ2) is 14.8. The first-order chi connectivity index (χ1) is 17.5. The number of benzene rings is 1. The average molecular weight is 537 g/mol. The Morgan fingerprint density at radius 3 is 2.49 bits per heavy atom. The minimum atomic E-state index is -1.16. The van der Waals surface area contributed by atoms with Gasteiger partial charge in [-0.15, -0.1) is 0 Å². The van der Waals surface area contributed by atoms with Crippen molar-refractivity contribution in [1.82, 2.24) is 4.90 Å². The number of nitrogens with two attached hydrogens (primary N) is 2. The van der Waals surface area contributed by atoms with Gasteiger partial charge in [0.2, 0.25) is 5.91 Å². The number of alkyl halides is 1. The number of likely N-dealkylation sites (tertiary alicyclic amines) is 1. The van der Waals surface area contributed by atoms with Crippen LogP contribution < -0.4 is 11.5 Å². The van der Waals surface area contributed by atoms with Gasteiger partial charge in [-0.1, -0.05) is 43.6 Å². The Labute approximate surface area is 223 Å². The number of hydrogen-bond acceptors (Lipinski definition) is 5. The maximum absolute atomic E-state index is 13.5. The van der Waals surface area contributed by atoms with Crippen LogP contribution in [-0.2, 0) is 25.6 Å². The van der Waals surface area contributed by atoms with E-state index in [2.05, 4.69) is 4.99 Å². The van der Waals surface area contributed by atoms with Gasteiger partial charge in [-0.3, -0.25) is 24.2 Å². The normalized spacial score (nSPS) is 16.9.